The number of ether oxygens (including phenoxy) is 3. The zero-order valence-electron chi connectivity index (χ0n) is 19.3. The molecule has 0 bridgehead atoms. The molecule has 0 N–H and O–H groups in total. The summed E-state index contributed by atoms with van der Waals surface area (Å²) in [5.41, 5.74) is 2.32. The number of hydrogen-bond acceptors (Lipinski definition) is 6. The van der Waals surface area contributed by atoms with Crippen LogP contribution < -0.4 is 19.8 Å². The molecular weight excluding hydrogens is 434 g/mol. The molecule has 5 aromatic rings. The van der Waals surface area contributed by atoms with Gasteiger partial charge in [0, 0.05) is 46.0 Å². The van der Waals surface area contributed by atoms with Gasteiger partial charge in [-0.15, -0.1) is 0 Å². The maximum atomic E-state index is 13.2. The first-order valence-electron chi connectivity index (χ1n) is 10.7. The maximum Gasteiger partial charge on any atom is 0.344 e. The SMILES string of the molecule is COc1ccc2c(c1)c(C(=O)COc1ccc3c(c1)oc(=O)c1cc(OC)ccc13)c(C)n2C. The van der Waals surface area contributed by atoms with Crippen LogP contribution >= 0.6 is 0 Å². The number of fused-ring (bicyclic) bond motifs is 4. The van der Waals surface area contributed by atoms with Crippen molar-refractivity contribution in [1.82, 2.24) is 4.57 Å². The number of aryl methyl sites for hydroxylation is 1. The summed E-state index contributed by atoms with van der Waals surface area (Å²) in [5.74, 6) is 1.55. The maximum absolute atomic E-state index is 13.2. The molecule has 0 fully saturated rings. The molecule has 0 aliphatic rings. The zero-order valence-corrected chi connectivity index (χ0v) is 19.3. The molecule has 172 valence electrons. The van der Waals surface area contributed by atoms with Crippen molar-refractivity contribution in [3.63, 3.8) is 0 Å². The Morgan fingerprint density at radius 2 is 1.50 bits per heavy atom. The number of Topliss-reactive ketones (excluding diaryl/α,β-unsaturated/α-hetero) is 1. The van der Waals surface area contributed by atoms with Gasteiger partial charge in [-0.05, 0) is 55.5 Å². The normalized spacial score (nSPS) is 11.3. The highest BCUT2D eigenvalue weighted by atomic mass is 16.5. The summed E-state index contributed by atoms with van der Waals surface area (Å²) in [6.07, 6.45) is 0. The van der Waals surface area contributed by atoms with E-state index in [1.165, 1.54) is 0 Å². The number of nitrogens with zero attached hydrogens (tertiary/aromatic N) is 1. The molecule has 2 aromatic heterocycles. The van der Waals surface area contributed by atoms with Gasteiger partial charge in [-0.25, -0.2) is 4.79 Å². The van der Waals surface area contributed by atoms with E-state index in [1.807, 2.05) is 48.9 Å². The lowest BCUT2D eigenvalue weighted by Gasteiger charge is -2.09. The van der Waals surface area contributed by atoms with Gasteiger partial charge in [-0.1, -0.05) is 0 Å². The standard InChI is InChI=1S/C27H23NO6/c1-15-26(22-12-17(32-4)7-10-23(22)28(15)2)24(29)14-33-18-6-9-20-19-8-5-16(31-3)11-21(19)27(30)34-25(20)13-18/h5-13H,14H2,1-4H3. The second kappa shape index (κ2) is 8.26. The minimum absolute atomic E-state index is 0.150. The van der Waals surface area contributed by atoms with E-state index in [2.05, 4.69) is 0 Å². The van der Waals surface area contributed by atoms with Crippen molar-refractivity contribution in [2.45, 2.75) is 6.92 Å². The number of methoxy groups -OCH3 is 2. The summed E-state index contributed by atoms with van der Waals surface area (Å²) < 4.78 is 23.9. The fourth-order valence-corrected chi connectivity index (χ4v) is 4.36. The van der Waals surface area contributed by atoms with E-state index < -0.39 is 5.63 Å². The molecule has 0 radical (unpaired) electrons. The average molecular weight is 457 g/mol. The minimum atomic E-state index is -0.463. The van der Waals surface area contributed by atoms with Crippen LogP contribution in [0.25, 0.3) is 32.6 Å². The molecule has 7 nitrogen and oxygen atoms in total. The minimum Gasteiger partial charge on any atom is -0.497 e. The monoisotopic (exact) mass is 457 g/mol. The third kappa shape index (κ3) is 3.46. The summed E-state index contributed by atoms with van der Waals surface area (Å²) in [6.45, 7) is 1.75. The Labute approximate surface area is 195 Å². The molecule has 3 aromatic carbocycles. The van der Waals surface area contributed by atoms with Gasteiger partial charge in [0.1, 0.15) is 22.8 Å². The molecule has 0 saturated heterocycles. The lowest BCUT2D eigenvalue weighted by molar-refractivity contribution is 0.0922. The molecular formula is C27H23NO6. The van der Waals surface area contributed by atoms with Crippen LogP contribution in [0.2, 0.25) is 0 Å². The summed E-state index contributed by atoms with van der Waals surface area (Å²) in [4.78, 5) is 25.7. The van der Waals surface area contributed by atoms with Gasteiger partial charge in [0.15, 0.2) is 6.61 Å². The average Bonchev–Trinajstić information content (AvgIpc) is 3.11. The van der Waals surface area contributed by atoms with Crippen LogP contribution in [0.5, 0.6) is 17.2 Å². The highest BCUT2D eigenvalue weighted by Gasteiger charge is 2.20. The van der Waals surface area contributed by atoms with Crippen LogP contribution in [-0.2, 0) is 7.05 Å². The Morgan fingerprint density at radius 3 is 2.24 bits per heavy atom. The molecule has 2 heterocycles. The molecule has 0 spiro atoms. The zero-order chi connectivity index (χ0) is 24.0. The first-order chi connectivity index (χ1) is 16.4. The highest BCUT2D eigenvalue weighted by Crippen LogP contribution is 2.31. The van der Waals surface area contributed by atoms with Gasteiger partial charge in [-0.2, -0.15) is 0 Å². The molecule has 0 saturated carbocycles. The Kier molecular flexibility index (Phi) is 5.24. The van der Waals surface area contributed by atoms with Crippen LogP contribution in [0.15, 0.2) is 63.8 Å². The first kappa shape index (κ1) is 21.6. The van der Waals surface area contributed by atoms with E-state index >= 15 is 0 Å². The van der Waals surface area contributed by atoms with Crippen molar-refractivity contribution in [2.24, 2.45) is 7.05 Å². The summed E-state index contributed by atoms with van der Waals surface area (Å²) >= 11 is 0. The number of ketones is 1. The third-order valence-electron chi connectivity index (χ3n) is 6.24. The molecule has 0 aliphatic carbocycles. The summed E-state index contributed by atoms with van der Waals surface area (Å²) in [6, 6.07) is 16.2. The smallest absolute Gasteiger partial charge is 0.344 e. The van der Waals surface area contributed by atoms with Gasteiger partial charge >= 0.3 is 5.63 Å². The van der Waals surface area contributed by atoms with Crippen molar-refractivity contribution in [1.29, 1.82) is 0 Å². The van der Waals surface area contributed by atoms with Crippen LogP contribution in [0.3, 0.4) is 0 Å². The molecule has 5 rings (SSSR count). The number of hydrogen-bond donors (Lipinski definition) is 0. The van der Waals surface area contributed by atoms with Gasteiger partial charge < -0.3 is 23.2 Å². The topological polar surface area (TPSA) is 79.9 Å². The van der Waals surface area contributed by atoms with Crippen molar-refractivity contribution in [3.05, 3.63) is 76.3 Å². The van der Waals surface area contributed by atoms with Crippen LogP contribution in [0.4, 0.5) is 0 Å². The predicted octanol–water partition coefficient (Wildman–Crippen LogP) is 5.03. The third-order valence-corrected chi connectivity index (χ3v) is 6.24. The fraction of sp³-hybridized carbons (Fsp3) is 0.185. The van der Waals surface area contributed by atoms with Crippen LogP contribution in [0.1, 0.15) is 16.1 Å². The molecule has 0 unspecified atom stereocenters. The van der Waals surface area contributed by atoms with Crippen LogP contribution in [-0.4, -0.2) is 31.2 Å². The van der Waals surface area contributed by atoms with Gasteiger partial charge in [-0.3, -0.25) is 4.79 Å². The lowest BCUT2D eigenvalue weighted by Crippen LogP contribution is -2.13. The van der Waals surface area contributed by atoms with Gasteiger partial charge in [0.2, 0.25) is 5.78 Å². The fourth-order valence-electron chi connectivity index (χ4n) is 4.36. The Hall–Kier alpha value is -4.26. The number of aromatic nitrogens is 1. The second-order valence-corrected chi connectivity index (χ2v) is 8.07. The largest absolute Gasteiger partial charge is 0.497 e. The Bertz CT molecular complexity index is 1640. The molecule has 7 heteroatoms. The van der Waals surface area contributed by atoms with E-state index in [-0.39, 0.29) is 12.4 Å². The van der Waals surface area contributed by atoms with E-state index in [1.54, 1.807) is 38.5 Å². The van der Waals surface area contributed by atoms with Crippen LogP contribution in [0, 0.1) is 6.92 Å². The Balaban J connectivity index is 1.46. The van der Waals surface area contributed by atoms with E-state index in [0.717, 1.165) is 27.4 Å². The predicted molar refractivity (Wildman–Crippen MR) is 131 cm³/mol. The van der Waals surface area contributed by atoms with E-state index in [0.29, 0.717) is 33.8 Å². The van der Waals surface area contributed by atoms with E-state index in [9.17, 15) is 9.59 Å². The van der Waals surface area contributed by atoms with E-state index in [4.69, 9.17) is 18.6 Å². The number of benzene rings is 3. The number of carbonyl (C=O) groups excluding carboxylic acids is 1. The summed E-state index contributed by atoms with van der Waals surface area (Å²) in [5, 5.41) is 2.79. The van der Waals surface area contributed by atoms with Crippen molar-refractivity contribution in [3.8, 4) is 17.2 Å². The molecule has 0 aliphatic heterocycles. The number of rotatable bonds is 6. The molecule has 34 heavy (non-hydrogen) atoms. The van der Waals surface area contributed by atoms with Gasteiger partial charge in [0.25, 0.3) is 0 Å². The van der Waals surface area contributed by atoms with Crippen molar-refractivity contribution in [2.75, 3.05) is 20.8 Å². The van der Waals surface area contributed by atoms with Gasteiger partial charge in [0.05, 0.1) is 19.6 Å². The molecule has 0 amide bonds. The lowest BCUT2D eigenvalue weighted by atomic mass is 10.1. The van der Waals surface area contributed by atoms with Crippen molar-refractivity contribution >= 4 is 38.4 Å². The Morgan fingerprint density at radius 1 is 0.853 bits per heavy atom. The first-order valence-corrected chi connectivity index (χ1v) is 10.7. The van der Waals surface area contributed by atoms with Crippen molar-refractivity contribution < 1.29 is 23.4 Å². The number of carbonyl (C=O) groups is 1. The second-order valence-electron chi connectivity index (χ2n) is 8.07. The highest BCUT2D eigenvalue weighted by molar-refractivity contribution is 6.10. The summed E-state index contributed by atoms with van der Waals surface area (Å²) in [7, 11) is 5.07. The quantitative estimate of drug-likeness (QED) is 0.202. The molecule has 0 atom stereocenters.